The van der Waals surface area contributed by atoms with Gasteiger partial charge in [-0.1, -0.05) is 0 Å². The SMILES string of the molecule is CSc1ccc(C(=O)NC(C)CCCO)cc1. The molecule has 1 aromatic carbocycles. The van der Waals surface area contributed by atoms with Gasteiger partial charge in [-0.25, -0.2) is 0 Å². The first kappa shape index (κ1) is 14.1. The number of carbonyl (C=O) groups excluding carboxylic acids is 1. The summed E-state index contributed by atoms with van der Waals surface area (Å²) in [5.74, 6) is -0.0527. The molecular weight excluding hydrogens is 234 g/mol. The summed E-state index contributed by atoms with van der Waals surface area (Å²) < 4.78 is 0. The Morgan fingerprint density at radius 2 is 2.06 bits per heavy atom. The number of aliphatic hydroxyl groups is 1. The fourth-order valence-corrected chi connectivity index (χ4v) is 1.93. The molecule has 0 saturated carbocycles. The van der Waals surface area contributed by atoms with E-state index >= 15 is 0 Å². The molecule has 0 fully saturated rings. The molecular formula is C13H19NO2S. The molecule has 1 unspecified atom stereocenters. The number of nitrogens with one attached hydrogen (secondary N) is 1. The van der Waals surface area contributed by atoms with Crippen LogP contribution in [0.2, 0.25) is 0 Å². The summed E-state index contributed by atoms with van der Waals surface area (Å²) >= 11 is 1.65. The maximum atomic E-state index is 11.8. The van der Waals surface area contributed by atoms with E-state index in [0.29, 0.717) is 12.0 Å². The molecule has 0 bridgehead atoms. The molecule has 1 atom stereocenters. The zero-order valence-electron chi connectivity index (χ0n) is 10.3. The van der Waals surface area contributed by atoms with Crippen LogP contribution in [0, 0.1) is 0 Å². The van der Waals surface area contributed by atoms with Gasteiger partial charge in [-0.2, -0.15) is 0 Å². The van der Waals surface area contributed by atoms with Crippen LogP contribution in [0.3, 0.4) is 0 Å². The smallest absolute Gasteiger partial charge is 0.251 e. The number of benzene rings is 1. The Bertz CT molecular complexity index is 351. The Morgan fingerprint density at radius 3 is 2.59 bits per heavy atom. The lowest BCUT2D eigenvalue weighted by Gasteiger charge is -2.13. The lowest BCUT2D eigenvalue weighted by molar-refractivity contribution is 0.0936. The van der Waals surface area contributed by atoms with Crippen molar-refractivity contribution in [3.63, 3.8) is 0 Å². The fraction of sp³-hybridized carbons (Fsp3) is 0.462. The van der Waals surface area contributed by atoms with Crippen molar-refractivity contribution in [2.45, 2.75) is 30.7 Å². The van der Waals surface area contributed by atoms with E-state index in [-0.39, 0.29) is 18.6 Å². The highest BCUT2D eigenvalue weighted by atomic mass is 32.2. The van der Waals surface area contributed by atoms with Gasteiger partial charge >= 0.3 is 0 Å². The number of hydrogen-bond acceptors (Lipinski definition) is 3. The normalized spacial score (nSPS) is 12.2. The summed E-state index contributed by atoms with van der Waals surface area (Å²) in [6, 6.07) is 7.64. The van der Waals surface area contributed by atoms with Crippen LogP contribution in [0.4, 0.5) is 0 Å². The van der Waals surface area contributed by atoms with Crippen LogP contribution in [0.15, 0.2) is 29.2 Å². The van der Waals surface area contributed by atoms with Crippen LogP contribution in [0.1, 0.15) is 30.1 Å². The Labute approximate surface area is 107 Å². The highest BCUT2D eigenvalue weighted by Crippen LogP contribution is 2.14. The van der Waals surface area contributed by atoms with Crippen LogP contribution >= 0.6 is 11.8 Å². The molecule has 2 N–H and O–H groups in total. The predicted molar refractivity (Wildman–Crippen MR) is 71.5 cm³/mol. The second-order valence-corrected chi connectivity index (χ2v) is 4.85. The first-order valence-corrected chi connectivity index (χ1v) is 6.95. The van der Waals surface area contributed by atoms with E-state index in [4.69, 9.17) is 5.11 Å². The lowest BCUT2D eigenvalue weighted by Crippen LogP contribution is -2.32. The summed E-state index contributed by atoms with van der Waals surface area (Å²) in [6.45, 7) is 2.12. The first-order valence-electron chi connectivity index (χ1n) is 5.73. The number of hydrogen-bond donors (Lipinski definition) is 2. The average molecular weight is 253 g/mol. The van der Waals surface area contributed by atoms with Crippen molar-refractivity contribution in [2.75, 3.05) is 12.9 Å². The molecule has 1 rings (SSSR count). The molecule has 0 radical (unpaired) electrons. The fourth-order valence-electron chi connectivity index (χ4n) is 1.52. The van der Waals surface area contributed by atoms with Gasteiger partial charge in [-0.3, -0.25) is 4.79 Å². The number of rotatable bonds is 6. The summed E-state index contributed by atoms with van der Waals surface area (Å²) in [7, 11) is 0. The zero-order valence-corrected chi connectivity index (χ0v) is 11.1. The standard InChI is InChI=1S/C13H19NO2S/c1-10(4-3-9-15)14-13(16)11-5-7-12(17-2)8-6-11/h5-8,10,15H,3-4,9H2,1-2H3,(H,14,16). The quantitative estimate of drug-likeness (QED) is 0.765. The van der Waals surface area contributed by atoms with E-state index in [1.807, 2.05) is 37.4 Å². The van der Waals surface area contributed by atoms with E-state index in [0.717, 1.165) is 11.3 Å². The average Bonchev–Trinajstić information content (AvgIpc) is 2.36. The van der Waals surface area contributed by atoms with Gasteiger partial charge in [0.15, 0.2) is 0 Å². The van der Waals surface area contributed by atoms with Crippen LogP contribution in [0.25, 0.3) is 0 Å². The van der Waals surface area contributed by atoms with Crippen molar-refractivity contribution < 1.29 is 9.90 Å². The maximum absolute atomic E-state index is 11.8. The van der Waals surface area contributed by atoms with Crippen LogP contribution in [-0.2, 0) is 0 Å². The number of thioether (sulfide) groups is 1. The third kappa shape index (κ3) is 4.79. The van der Waals surface area contributed by atoms with E-state index < -0.39 is 0 Å². The number of carbonyl (C=O) groups is 1. The molecule has 17 heavy (non-hydrogen) atoms. The minimum absolute atomic E-state index is 0.0527. The number of aliphatic hydroxyl groups excluding tert-OH is 1. The number of amides is 1. The largest absolute Gasteiger partial charge is 0.396 e. The van der Waals surface area contributed by atoms with Crippen molar-refractivity contribution in [2.24, 2.45) is 0 Å². The van der Waals surface area contributed by atoms with Crippen LogP contribution in [0.5, 0.6) is 0 Å². The molecule has 1 aromatic rings. The van der Waals surface area contributed by atoms with Crippen molar-refractivity contribution in [1.82, 2.24) is 5.32 Å². The van der Waals surface area contributed by atoms with Gasteiger partial charge in [-0.05, 0) is 50.3 Å². The zero-order chi connectivity index (χ0) is 12.7. The Morgan fingerprint density at radius 1 is 1.41 bits per heavy atom. The summed E-state index contributed by atoms with van der Waals surface area (Å²) in [5.41, 5.74) is 0.679. The molecule has 0 aliphatic carbocycles. The van der Waals surface area contributed by atoms with Gasteiger partial charge < -0.3 is 10.4 Å². The molecule has 0 aromatic heterocycles. The lowest BCUT2D eigenvalue weighted by atomic mass is 10.1. The molecule has 4 heteroatoms. The predicted octanol–water partition coefficient (Wildman–Crippen LogP) is 2.30. The van der Waals surface area contributed by atoms with Crippen LogP contribution in [-0.4, -0.2) is 29.9 Å². The van der Waals surface area contributed by atoms with Gasteiger partial charge in [0.25, 0.3) is 5.91 Å². The van der Waals surface area contributed by atoms with Crippen molar-refractivity contribution >= 4 is 17.7 Å². The summed E-state index contributed by atoms with van der Waals surface area (Å²) in [5, 5.41) is 11.6. The van der Waals surface area contributed by atoms with Gasteiger partial charge in [-0.15, -0.1) is 11.8 Å². The van der Waals surface area contributed by atoms with Gasteiger partial charge in [0, 0.05) is 23.1 Å². The first-order chi connectivity index (χ1) is 8.17. The highest BCUT2D eigenvalue weighted by molar-refractivity contribution is 7.98. The van der Waals surface area contributed by atoms with E-state index in [1.165, 1.54) is 0 Å². The molecule has 0 aliphatic rings. The van der Waals surface area contributed by atoms with Gasteiger partial charge in [0.2, 0.25) is 0 Å². The Hall–Kier alpha value is -1.00. The third-order valence-corrected chi connectivity index (χ3v) is 3.27. The van der Waals surface area contributed by atoms with E-state index in [9.17, 15) is 4.79 Å². The summed E-state index contributed by atoms with van der Waals surface area (Å²) in [6.07, 6.45) is 3.52. The minimum Gasteiger partial charge on any atom is -0.396 e. The Kier molecular flexibility index (Phi) is 6.08. The Balaban J connectivity index is 2.51. The van der Waals surface area contributed by atoms with Crippen molar-refractivity contribution in [3.8, 4) is 0 Å². The van der Waals surface area contributed by atoms with Crippen molar-refractivity contribution in [1.29, 1.82) is 0 Å². The van der Waals surface area contributed by atoms with Crippen LogP contribution < -0.4 is 5.32 Å². The summed E-state index contributed by atoms with van der Waals surface area (Å²) in [4.78, 5) is 13.0. The topological polar surface area (TPSA) is 49.3 Å². The molecule has 0 saturated heterocycles. The van der Waals surface area contributed by atoms with Crippen molar-refractivity contribution in [3.05, 3.63) is 29.8 Å². The molecule has 0 aliphatic heterocycles. The minimum atomic E-state index is -0.0527. The molecule has 0 heterocycles. The molecule has 3 nitrogen and oxygen atoms in total. The maximum Gasteiger partial charge on any atom is 0.251 e. The molecule has 94 valence electrons. The van der Waals surface area contributed by atoms with Gasteiger partial charge in [0.1, 0.15) is 0 Å². The highest BCUT2D eigenvalue weighted by Gasteiger charge is 2.09. The monoisotopic (exact) mass is 253 g/mol. The molecule has 1 amide bonds. The second-order valence-electron chi connectivity index (χ2n) is 3.97. The van der Waals surface area contributed by atoms with E-state index in [1.54, 1.807) is 11.8 Å². The van der Waals surface area contributed by atoms with E-state index in [2.05, 4.69) is 5.32 Å². The second kappa shape index (κ2) is 7.35. The van der Waals surface area contributed by atoms with Gasteiger partial charge in [0.05, 0.1) is 0 Å². The molecule has 0 spiro atoms. The third-order valence-electron chi connectivity index (χ3n) is 2.52.